The predicted molar refractivity (Wildman–Crippen MR) is 79.9 cm³/mol. The first kappa shape index (κ1) is 12.6. The van der Waals surface area contributed by atoms with Gasteiger partial charge in [-0.05, 0) is 29.8 Å². The second-order valence-electron chi connectivity index (χ2n) is 5.18. The number of aromatic carboxylic acids is 1. The number of hydrogen-bond acceptors (Lipinski definition) is 3. The van der Waals surface area contributed by atoms with E-state index in [1.807, 2.05) is 18.2 Å². The largest absolute Gasteiger partial charge is 0.478 e. The molecule has 0 saturated heterocycles. The van der Waals surface area contributed by atoms with Crippen molar-refractivity contribution < 1.29 is 14.7 Å². The second-order valence-corrected chi connectivity index (χ2v) is 5.18. The van der Waals surface area contributed by atoms with Crippen LogP contribution in [0.15, 0.2) is 42.7 Å². The molecule has 2 N–H and O–H groups in total. The quantitative estimate of drug-likeness (QED) is 0.758. The highest BCUT2D eigenvalue weighted by Gasteiger charge is 2.19. The van der Waals surface area contributed by atoms with E-state index < -0.39 is 5.97 Å². The Hall–Kier alpha value is -3.15. The Bertz CT molecular complexity index is 943. The number of carbonyl (C=O) groups is 2. The van der Waals surface area contributed by atoms with E-state index in [9.17, 15) is 14.7 Å². The van der Waals surface area contributed by atoms with Crippen LogP contribution in [0, 0.1) is 0 Å². The third-order valence-corrected chi connectivity index (χ3v) is 3.74. The van der Waals surface area contributed by atoms with Gasteiger partial charge in [-0.3, -0.25) is 4.79 Å². The minimum atomic E-state index is -1.01. The zero-order valence-corrected chi connectivity index (χ0v) is 11.4. The second kappa shape index (κ2) is 4.42. The lowest BCUT2D eigenvalue weighted by molar-refractivity contribution is -0.115. The molecule has 1 aliphatic rings. The van der Waals surface area contributed by atoms with Crippen LogP contribution in [0.1, 0.15) is 15.9 Å². The van der Waals surface area contributed by atoms with Crippen LogP contribution in [0.25, 0.3) is 16.9 Å². The number of nitrogens with one attached hydrogen (secondary N) is 1. The van der Waals surface area contributed by atoms with Crippen LogP contribution in [-0.4, -0.2) is 26.4 Å². The van der Waals surface area contributed by atoms with Crippen molar-refractivity contribution in [1.29, 1.82) is 0 Å². The van der Waals surface area contributed by atoms with Crippen molar-refractivity contribution in [3.8, 4) is 11.3 Å². The highest BCUT2D eigenvalue weighted by atomic mass is 16.4. The minimum Gasteiger partial charge on any atom is -0.478 e. The summed E-state index contributed by atoms with van der Waals surface area (Å²) in [6, 6.07) is 8.83. The standard InChI is InChI=1S/C16H11N3O3/c20-14-7-10-6-9(3-4-12(10)17-14)13-8-19-5-1-2-11(16(21)22)15(19)18-13/h1-6,8H,7H2,(H,17,20)(H,21,22). The van der Waals surface area contributed by atoms with Gasteiger partial charge in [0.15, 0.2) is 5.65 Å². The van der Waals surface area contributed by atoms with Crippen molar-refractivity contribution in [1.82, 2.24) is 9.38 Å². The normalized spacial score (nSPS) is 13.2. The number of aromatic nitrogens is 2. The van der Waals surface area contributed by atoms with E-state index in [4.69, 9.17) is 0 Å². The summed E-state index contributed by atoms with van der Waals surface area (Å²) in [7, 11) is 0. The average molecular weight is 293 g/mol. The van der Waals surface area contributed by atoms with Crippen molar-refractivity contribution >= 4 is 23.2 Å². The predicted octanol–water partition coefficient (Wildman–Crippen LogP) is 2.19. The van der Waals surface area contributed by atoms with Gasteiger partial charge in [-0.2, -0.15) is 0 Å². The van der Waals surface area contributed by atoms with E-state index in [-0.39, 0.29) is 11.5 Å². The van der Waals surface area contributed by atoms with Gasteiger partial charge >= 0.3 is 5.97 Å². The molecule has 0 bridgehead atoms. The molecule has 1 amide bonds. The number of anilines is 1. The topological polar surface area (TPSA) is 83.7 Å². The fourth-order valence-corrected chi connectivity index (χ4v) is 2.71. The average Bonchev–Trinajstić information content (AvgIpc) is 3.07. The first-order chi connectivity index (χ1) is 10.6. The maximum absolute atomic E-state index is 11.4. The Kier molecular flexibility index (Phi) is 2.53. The van der Waals surface area contributed by atoms with Gasteiger partial charge < -0.3 is 14.8 Å². The first-order valence-electron chi connectivity index (χ1n) is 6.76. The zero-order chi connectivity index (χ0) is 15.3. The van der Waals surface area contributed by atoms with Crippen LogP contribution in [0.5, 0.6) is 0 Å². The van der Waals surface area contributed by atoms with Gasteiger partial charge in [0.25, 0.3) is 0 Å². The van der Waals surface area contributed by atoms with E-state index >= 15 is 0 Å². The van der Waals surface area contributed by atoms with Crippen molar-refractivity contribution in [3.05, 3.63) is 53.9 Å². The number of amides is 1. The molecule has 0 atom stereocenters. The maximum Gasteiger partial charge on any atom is 0.339 e. The number of hydrogen-bond donors (Lipinski definition) is 2. The van der Waals surface area contributed by atoms with Crippen LogP contribution >= 0.6 is 0 Å². The molecule has 6 nitrogen and oxygen atoms in total. The fourth-order valence-electron chi connectivity index (χ4n) is 2.71. The van der Waals surface area contributed by atoms with E-state index in [1.165, 1.54) is 6.07 Å². The van der Waals surface area contributed by atoms with Gasteiger partial charge in [0.2, 0.25) is 5.91 Å². The summed E-state index contributed by atoms with van der Waals surface area (Å²) >= 11 is 0. The molecule has 6 heteroatoms. The third kappa shape index (κ3) is 1.85. The number of pyridine rings is 1. The molecule has 2 aromatic heterocycles. The number of carbonyl (C=O) groups excluding carboxylic acids is 1. The lowest BCUT2D eigenvalue weighted by Gasteiger charge is -2.00. The Morgan fingerprint density at radius 1 is 1.32 bits per heavy atom. The number of nitrogens with zero attached hydrogens (tertiary/aromatic N) is 2. The summed E-state index contributed by atoms with van der Waals surface area (Å²) in [4.78, 5) is 27.1. The molecule has 1 aromatic carbocycles. The van der Waals surface area contributed by atoms with Crippen molar-refractivity contribution in [2.24, 2.45) is 0 Å². The fraction of sp³-hybridized carbons (Fsp3) is 0.0625. The number of benzene rings is 1. The Morgan fingerprint density at radius 3 is 3.00 bits per heavy atom. The monoisotopic (exact) mass is 293 g/mol. The van der Waals surface area contributed by atoms with E-state index in [2.05, 4.69) is 10.3 Å². The molecular formula is C16H11N3O3. The van der Waals surface area contributed by atoms with E-state index in [1.54, 1.807) is 22.9 Å². The van der Waals surface area contributed by atoms with Gasteiger partial charge in [-0.25, -0.2) is 9.78 Å². The summed E-state index contributed by atoms with van der Waals surface area (Å²) in [5.74, 6) is -1.03. The number of fused-ring (bicyclic) bond motifs is 2. The lowest BCUT2D eigenvalue weighted by atomic mass is 10.1. The van der Waals surface area contributed by atoms with Gasteiger partial charge in [0.1, 0.15) is 5.56 Å². The molecule has 0 unspecified atom stereocenters. The summed E-state index contributed by atoms with van der Waals surface area (Å²) in [6.45, 7) is 0. The Morgan fingerprint density at radius 2 is 2.18 bits per heavy atom. The molecule has 0 fully saturated rings. The van der Waals surface area contributed by atoms with Crippen LogP contribution in [-0.2, 0) is 11.2 Å². The van der Waals surface area contributed by atoms with Crippen LogP contribution in [0.3, 0.4) is 0 Å². The summed E-state index contributed by atoms with van der Waals surface area (Å²) < 4.78 is 1.69. The molecular weight excluding hydrogens is 282 g/mol. The number of imidazole rings is 1. The smallest absolute Gasteiger partial charge is 0.339 e. The van der Waals surface area contributed by atoms with Crippen LogP contribution < -0.4 is 5.32 Å². The van der Waals surface area contributed by atoms with Crippen molar-refractivity contribution in [3.63, 3.8) is 0 Å². The third-order valence-electron chi connectivity index (χ3n) is 3.74. The molecule has 22 heavy (non-hydrogen) atoms. The van der Waals surface area contributed by atoms with Gasteiger partial charge in [0.05, 0.1) is 12.1 Å². The minimum absolute atomic E-state index is 0.0182. The SMILES string of the molecule is O=C1Cc2cc(-c3cn4cccc(C(=O)O)c4n3)ccc2N1. The van der Waals surface area contributed by atoms with Crippen LogP contribution in [0.4, 0.5) is 5.69 Å². The molecule has 4 rings (SSSR count). The number of carboxylic acids is 1. The Labute approximate surface area is 125 Å². The molecule has 1 aliphatic heterocycles. The number of carboxylic acid groups (broad SMARTS) is 1. The molecule has 0 spiro atoms. The summed E-state index contributed by atoms with van der Waals surface area (Å²) in [6.07, 6.45) is 3.90. The molecule has 3 heterocycles. The van der Waals surface area contributed by atoms with Crippen LogP contribution in [0.2, 0.25) is 0 Å². The molecule has 0 radical (unpaired) electrons. The zero-order valence-electron chi connectivity index (χ0n) is 11.4. The number of rotatable bonds is 2. The van der Waals surface area contributed by atoms with Crippen molar-refractivity contribution in [2.45, 2.75) is 6.42 Å². The van der Waals surface area contributed by atoms with E-state index in [0.29, 0.717) is 17.8 Å². The van der Waals surface area contributed by atoms with Gasteiger partial charge in [0, 0.05) is 23.6 Å². The lowest BCUT2D eigenvalue weighted by Crippen LogP contribution is -2.03. The summed E-state index contributed by atoms with van der Waals surface area (Å²) in [5.41, 5.74) is 3.85. The molecule has 0 saturated carbocycles. The first-order valence-corrected chi connectivity index (χ1v) is 6.76. The van der Waals surface area contributed by atoms with Gasteiger partial charge in [-0.1, -0.05) is 6.07 Å². The van der Waals surface area contributed by atoms with Crippen molar-refractivity contribution in [2.75, 3.05) is 5.32 Å². The maximum atomic E-state index is 11.4. The van der Waals surface area contributed by atoms with E-state index in [0.717, 1.165) is 16.8 Å². The highest BCUT2D eigenvalue weighted by molar-refractivity contribution is 5.99. The molecule has 3 aromatic rings. The summed E-state index contributed by atoms with van der Waals surface area (Å²) in [5, 5.41) is 12.0. The highest BCUT2D eigenvalue weighted by Crippen LogP contribution is 2.29. The molecule has 0 aliphatic carbocycles. The Balaban J connectivity index is 1.85. The molecule has 108 valence electrons. The van der Waals surface area contributed by atoms with Gasteiger partial charge in [-0.15, -0.1) is 0 Å².